The first-order chi connectivity index (χ1) is 19.6. The van der Waals surface area contributed by atoms with Gasteiger partial charge in [0.1, 0.15) is 5.76 Å². The first-order valence-corrected chi connectivity index (χ1v) is 15.1. The molecule has 1 unspecified atom stereocenters. The summed E-state index contributed by atoms with van der Waals surface area (Å²) in [5.74, 6) is -2.94. The molecular weight excluding hydrogens is 544 g/mol. The first kappa shape index (κ1) is 28.7. The maximum absolute atomic E-state index is 14.3. The average molecular weight is 579 g/mol. The van der Waals surface area contributed by atoms with E-state index in [1.165, 1.54) is 38.4 Å². The van der Waals surface area contributed by atoms with Gasteiger partial charge in [-0.05, 0) is 57.3 Å². The summed E-state index contributed by atoms with van der Waals surface area (Å²) >= 11 is 0. The van der Waals surface area contributed by atoms with E-state index in [4.69, 9.17) is 0 Å². The fourth-order valence-electron chi connectivity index (χ4n) is 5.96. The molecule has 2 aromatic rings. The van der Waals surface area contributed by atoms with Crippen LogP contribution in [0.2, 0.25) is 0 Å². The van der Waals surface area contributed by atoms with E-state index in [2.05, 4.69) is 6.58 Å². The summed E-state index contributed by atoms with van der Waals surface area (Å²) in [5.41, 5.74) is -1.16. The SMILES string of the molecule is C=CCN1C(=O)C2(/C(=C(\O)c3ccc(S(=O)(=O)N4CCCCC4)cc3)C(=O)C(=O)N2CCN(C)C)c2ccccc21. The number of Topliss-reactive ketones (excluding diaryl/α,β-unsaturated/α-hetero) is 1. The molecule has 11 heteroatoms. The van der Waals surface area contributed by atoms with Crippen molar-refractivity contribution >= 4 is 39.1 Å². The number of benzene rings is 2. The Balaban J connectivity index is 1.67. The maximum atomic E-state index is 14.3. The number of nitrogens with zero attached hydrogens (tertiary/aromatic N) is 4. The van der Waals surface area contributed by atoms with Crippen molar-refractivity contribution in [1.82, 2.24) is 14.1 Å². The molecule has 0 saturated carbocycles. The number of likely N-dealkylation sites (tertiary alicyclic amines) is 1. The number of piperidine rings is 1. The second kappa shape index (κ2) is 10.9. The first-order valence-electron chi connectivity index (χ1n) is 13.6. The number of para-hydroxylation sites is 1. The molecule has 10 nitrogen and oxygen atoms in total. The van der Waals surface area contributed by atoms with Gasteiger partial charge in [-0.15, -0.1) is 6.58 Å². The quantitative estimate of drug-likeness (QED) is 0.221. The van der Waals surface area contributed by atoms with Crippen molar-refractivity contribution in [1.29, 1.82) is 0 Å². The van der Waals surface area contributed by atoms with Gasteiger partial charge in [0.2, 0.25) is 10.0 Å². The largest absolute Gasteiger partial charge is 0.507 e. The van der Waals surface area contributed by atoms with Crippen molar-refractivity contribution in [3.8, 4) is 0 Å². The van der Waals surface area contributed by atoms with Crippen molar-refractivity contribution in [3.63, 3.8) is 0 Å². The molecule has 2 aromatic carbocycles. The van der Waals surface area contributed by atoms with Crippen LogP contribution >= 0.6 is 0 Å². The minimum absolute atomic E-state index is 0.0589. The molecular formula is C30H34N4O6S. The van der Waals surface area contributed by atoms with Gasteiger partial charge in [-0.2, -0.15) is 4.31 Å². The van der Waals surface area contributed by atoms with Gasteiger partial charge in [0.25, 0.3) is 17.6 Å². The van der Waals surface area contributed by atoms with Crippen LogP contribution in [0.1, 0.15) is 30.4 Å². The van der Waals surface area contributed by atoms with E-state index in [-0.39, 0.29) is 29.1 Å². The molecule has 1 N–H and O–H groups in total. The number of amides is 2. The van der Waals surface area contributed by atoms with Crippen molar-refractivity contribution in [2.75, 3.05) is 51.7 Å². The standard InChI is InChI=1S/C30H34N4O6S/c1-4-16-33-24-11-7-6-10-23(24)30(29(33)38)25(27(36)28(37)34(30)20-19-31(2)3)26(35)21-12-14-22(15-13-21)41(39,40)32-17-8-5-9-18-32/h4,6-7,10-15,35H,1,5,8-9,16-20H2,2-3H3/b26-25-. The number of hydrogen-bond acceptors (Lipinski definition) is 7. The predicted octanol–water partition coefficient (Wildman–Crippen LogP) is 2.53. The van der Waals surface area contributed by atoms with Crippen LogP contribution in [0.5, 0.6) is 0 Å². The zero-order valence-electron chi connectivity index (χ0n) is 23.2. The van der Waals surface area contributed by atoms with E-state index < -0.39 is 38.9 Å². The summed E-state index contributed by atoms with van der Waals surface area (Å²) in [6, 6.07) is 12.5. The van der Waals surface area contributed by atoms with E-state index in [1.807, 2.05) is 19.0 Å². The van der Waals surface area contributed by atoms with Gasteiger partial charge in [0.05, 0.1) is 16.2 Å². The number of carbonyl (C=O) groups excluding carboxylic acids is 3. The molecule has 0 aliphatic carbocycles. The Labute approximate surface area is 240 Å². The number of likely N-dealkylation sites (N-methyl/N-ethyl adjacent to an activating group) is 1. The number of hydrogen-bond donors (Lipinski definition) is 1. The van der Waals surface area contributed by atoms with Gasteiger partial charge in [0, 0.05) is 43.9 Å². The third-order valence-corrected chi connectivity index (χ3v) is 9.89. The Hall–Kier alpha value is -3.80. The number of anilines is 1. The van der Waals surface area contributed by atoms with Gasteiger partial charge in [0.15, 0.2) is 5.54 Å². The summed E-state index contributed by atoms with van der Waals surface area (Å²) in [6.45, 7) is 5.22. The number of ketones is 1. The molecule has 41 heavy (non-hydrogen) atoms. The molecule has 0 aromatic heterocycles. The predicted molar refractivity (Wildman–Crippen MR) is 155 cm³/mol. The number of fused-ring (bicyclic) bond motifs is 2. The van der Waals surface area contributed by atoms with E-state index in [0.717, 1.165) is 19.3 Å². The van der Waals surface area contributed by atoms with Gasteiger partial charge < -0.3 is 19.8 Å². The van der Waals surface area contributed by atoms with Crippen LogP contribution in [-0.2, 0) is 29.9 Å². The zero-order chi connectivity index (χ0) is 29.5. The highest BCUT2D eigenvalue weighted by molar-refractivity contribution is 7.89. The molecule has 2 saturated heterocycles. The van der Waals surface area contributed by atoms with E-state index in [0.29, 0.717) is 30.9 Å². The third-order valence-electron chi connectivity index (χ3n) is 7.97. The second-order valence-corrected chi connectivity index (χ2v) is 12.7. The lowest BCUT2D eigenvalue weighted by Crippen LogP contribution is -2.53. The molecule has 3 aliphatic heterocycles. The van der Waals surface area contributed by atoms with Crippen LogP contribution in [0.4, 0.5) is 5.69 Å². The monoisotopic (exact) mass is 578 g/mol. The molecule has 216 valence electrons. The molecule has 3 heterocycles. The fourth-order valence-corrected chi connectivity index (χ4v) is 7.48. The fraction of sp³-hybridized carbons (Fsp3) is 0.367. The van der Waals surface area contributed by atoms with Gasteiger partial charge in [-0.1, -0.05) is 30.7 Å². The average Bonchev–Trinajstić information content (AvgIpc) is 3.35. The number of rotatable bonds is 8. The highest BCUT2D eigenvalue weighted by Gasteiger charge is 2.66. The summed E-state index contributed by atoms with van der Waals surface area (Å²) in [5, 5.41) is 11.6. The van der Waals surface area contributed by atoms with Gasteiger partial charge in [-0.25, -0.2) is 8.42 Å². The zero-order valence-corrected chi connectivity index (χ0v) is 24.1. The topological polar surface area (TPSA) is 119 Å². The van der Waals surface area contributed by atoms with Crippen molar-refractivity contribution in [3.05, 3.63) is 77.9 Å². The number of sulfonamides is 1. The highest BCUT2D eigenvalue weighted by atomic mass is 32.2. The lowest BCUT2D eigenvalue weighted by Gasteiger charge is -2.35. The molecule has 5 rings (SSSR count). The summed E-state index contributed by atoms with van der Waals surface area (Å²) < 4.78 is 27.8. The van der Waals surface area contributed by atoms with Crippen LogP contribution in [0.15, 0.2) is 71.7 Å². The summed E-state index contributed by atoms with van der Waals surface area (Å²) in [7, 11) is -0.0870. The molecule has 1 atom stereocenters. The molecule has 0 radical (unpaired) electrons. The van der Waals surface area contributed by atoms with E-state index in [1.54, 1.807) is 30.3 Å². The molecule has 2 amide bonds. The molecule has 2 fully saturated rings. The number of aliphatic hydroxyl groups is 1. The molecule has 3 aliphatic rings. The van der Waals surface area contributed by atoms with E-state index in [9.17, 15) is 27.9 Å². The minimum Gasteiger partial charge on any atom is -0.507 e. The Morgan fingerprint density at radius 3 is 2.32 bits per heavy atom. The molecule has 1 spiro atoms. The van der Waals surface area contributed by atoms with Crippen molar-refractivity contribution in [2.24, 2.45) is 0 Å². The lowest BCUT2D eigenvalue weighted by atomic mass is 9.82. The second-order valence-electron chi connectivity index (χ2n) is 10.7. The minimum atomic E-state index is -3.72. The number of aliphatic hydroxyl groups excluding tert-OH is 1. The van der Waals surface area contributed by atoms with Crippen molar-refractivity contribution < 1.29 is 27.9 Å². The lowest BCUT2D eigenvalue weighted by molar-refractivity contribution is -0.143. The Morgan fingerprint density at radius 1 is 1.02 bits per heavy atom. The summed E-state index contributed by atoms with van der Waals surface area (Å²) in [6.07, 6.45) is 4.13. The van der Waals surface area contributed by atoms with Crippen LogP contribution in [0.3, 0.4) is 0 Å². The Morgan fingerprint density at radius 2 is 1.68 bits per heavy atom. The van der Waals surface area contributed by atoms with Gasteiger partial charge in [-0.3, -0.25) is 14.4 Å². The van der Waals surface area contributed by atoms with Crippen LogP contribution < -0.4 is 4.90 Å². The number of carbonyl (C=O) groups is 3. The van der Waals surface area contributed by atoms with Crippen LogP contribution in [0.25, 0.3) is 5.76 Å². The Bertz CT molecular complexity index is 1540. The van der Waals surface area contributed by atoms with Gasteiger partial charge >= 0.3 is 0 Å². The smallest absolute Gasteiger partial charge is 0.296 e. The summed E-state index contributed by atoms with van der Waals surface area (Å²) in [4.78, 5) is 46.1. The van der Waals surface area contributed by atoms with Crippen molar-refractivity contribution in [2.45, 2.75) is 29.7 Å². The third kappa shape index (κ3) is 4.48. The van der Waals surface area contributed by atoms with Crippen LogP contribution in [-0.4, -0.2) is 92.0 Å². The Kier molecular flexibility index (Phi) is 7.62. The normalized spacial score (nSPS) is 22.7. The highest BCUT2D eigenvalue weighted by Crippen LogP contribution is 2.53. The van der Waals surface area contributed by atoms with Crippen LogP contribution in [0, 0.1) is 0 Å². The van der Waals surface area contributed by atoms with E-state index >= 15 is 0 Å². The maximum Gasteiger partial charge on any atom is 0.296 e. The molecule has 0 bridgehead atoms.